The van der Waals surface area contributed by atoms with Crippen molar-refractivity contribution < 1.29 is 14.6 Å². The Balaban J connectivity index is 2.01. The van der Waals surface area contributed by atoms with E-state index in [1.165, 1.54) is 0 Å². The number of carbonyl (C=O) groups is 1. The van der Waals surface area contributed by atoms with E-state index in [4.69, 9.17) is 4.74 Å². The van der Waals surface area contributed by atoms with Crippen LogP contribution < -0.4 is 4.74 Å². The summed E-state index contributed by atoms with van der Waals surface area (Å²) in [4.78, 5) is 11.5. The monoisotopic (exact) mass is 252 g/mol. The molecule has 0 aromatic heterocycles. The molecule has 3 aliphatic rings. The number of hydrogen-bond acceptors (Lipinski definition) is 3. The second-order valence-corrected chi connectivity index (χ2v) is 5.19. The van der Waals surface area contributed by atoms with Crippen LogP contribution in [0, 0.1) is 0 Å². The van der Waals surface area contributed by atoms with Gasteiger partial charge in [-0.1, -0.05) is 24.3 Å². The fraction of sp³-hybridized carbons (Fsp3) is 0.188. The lowest BCUT2D eigenvalue weighted by atomic mass is 9.87. The van der Waals surface area contributed by atoms with Crippen LogP contribution in [0.2, 0.25) is 0 Å². The maximum Gasteiger partial charge on any atom is 0.178 e. The van der Waals surface area contributed by atoms with E-state index in [2.05, 4.69) is 0 Å². The van der Waals surface area contributed by atoms with Crippen molar-refractivity contribution >= 4 is 11.4 Å². The van der Waals surface area contributed by atoms with Crippen LogP contribution >= 0.6 is 0 Å². The Morgan fingerprint density at radius 1 is 1.21 bits per heavy atom. The lowest BCUT2D eigenvalue weighted by Crippen LogP contribution is -2.38. The average molecular weight is 252 g/mol. The van der Waals surface area contributed by atoms with Gasteiger partial charge in [0, 0.05) is 17.6 Å². The van der Waals surface area contributed by atoms with Crippen molar-refractivity contribution in [2.75, 3.05) is 6.61 Å². The minimum atomic E-state index is -1.01. The van der Waals surface area contributed by atoms with E-state index < -0.39 is 5.60 Å². The van der Waals surface area contributed by atoms with Gasteiger partial charge in [0.25, 0.3) is 0 Å². The van der Waals surface area contributed by atoms with E-state index in [1.807, 2.05) is 30.3 Å². The maximum absolute atomic E-state index is 11.5. The Labute approximate surface area is 110 Å². The molecule has 0 saturated heterocycles. The van der Waals surface area contributed by atoms with E-state index in [0.717, 1.165) is 28.0 Å². The zero-order chi connectivity index (χ0) is 13.0. The number of para-hydroxylation sites is 1. The minimum Gasteiger partial charge on any atom is -0.490 e. The van der Waals surface area contributed by atoms with Crippen molar-refractivity contribution in [1.82, 2.24) is 0 Å². The molecule has 1 aliphatic heterocycles. The first kappa shape index (κ1) is 10.8. The second-order valence-electron chi connectivity index (χ2n) is 5.19. The molecule has 1 aromatic carbocycles. The van der Waals surface area contributed by atoms with Crippen LogP contribution in [0.3, 0.4) is 0 Å². The molecule has 0 radical (unpaired) electrons. The molecule has 1 atom stereocenters. The van der Waals surface area contributed by atoms with Gasteiger partial charge >= 0.3 is 0 Å². The molecule has 1 heterocycles. The molecule has 1 unspecified atom stereocenters. The van der Waals surface area contributed by atoms with Gasteiger partial charge in [-0.05, 0) is 29.4 Å². The quantitative estimate of drug-likeness (QED) is 0.768. The Morgan fingerprint density at radius 3 is 2.95 bits per heavy atom. The van der Waals surface area contributed by atoms with Gasteiger partial charge in [0.05, 0.1) is 0 Å². The maximum atomic E-state index is 11.5. The van der Waals surface area contributed by atoms with Crippen LogP contribution in [0.4, 0.5) is 0 Å². The standard InChI is InChI=1S/C16H12O3/c17-11-5-6-12-10(7-11)8-16(18)9-19-14-4-2-1-3-13(14)15(12)16/h1-7,18H,8-9H2. The number of fused-ring (bicyclic) bond motifs is 4. The fourth-order valence-corrected chi connectivity index (χ4v) is 3.13. The average Bonchev–Trinajstić information content (AvgIpc) is 2.70. The molecular formula is C16H12O3. The van der Waals surface area contributed by atoms with Gasteiger partial charge < -0.3 is 9.84 Å². The third-order valence-corrected chi connectivity index (χ3v) is 3.92. The van der Waals surface area contributed by atoms with Gasteiger partial charge in [0.2, 0.25) is 0 Å². The molecule has 4 rings (SSSR count). The van der Waals surface area contributed by atoms with Gasteiger partial charge in [-0.15, -0.1) is 0 Å². The van der Waals surface area contributed by atoms with E-state index in [-0.39, 0.29) is 12.4 Å². The zero-order valence-corrected chi connectivity index (χ0v) is 10.2. The zero-order valence-electron chi connectivity index (χ0n) is 10.2. The first-order valence-corrected chi connectivity index (χ1v) is 6.30. The Morgan fingerprint density at radius 2 is 2.05 bits per heavy atom. The lowest BCUT2D eigenvalue weighted by molar-refractivity contribution is -0.110. The van der Waals surface area contributed by atoms with E-state index in [1.54, 1.807) is 12.2 Å². The molecular weight excluding hydrogens is 240 g/mol. The predicted molar refractivity (Wildman–Crippen MR) is 70.7 cm³/mol. The number of benzene rings is 1. The fourth-order valence-electron chi connectivity index (χ4n) is 3.13. The SMILES string of the molecule is O=C1C=CC2=C3c4ccccc4OCC3(O)CC2=C1. The first-order chi connectivity index (χ1) is 9.17. The van der Waals surface area contributed by atoms with Crippen molar-refractivity contribution in [3.63, 3.8) is 0 Å². The molecule has 2 aliphatic carbocycles. The lowest BCUT2D eigenvalue weighted by Gasteiger charge is -2.32. The highest BCUT2D eigenvalue weighted by Gasteiger charge is 2.46. The third-order valence-electron chi connectivity index (χ3n) is 3.92. The molecule has 0 saturated carbocycles. The molecule has 3 nitrogen and oxygen atoms in total. The van der Waals surface area contributed by atoms with Crippen LogP contribution in [0.25, 0.3) is 5.57 Å². The second kappa shape index (κ2) is 3.45. The highest BCUT2D eigenvalue weighted by Crippen LogP contribution is 2.51. The van der Waals surface area contributed by atoms with Crippen LogP contribution in [0.5, 0.6) is 5.75 Å². The summed E-state index contributed by atoms with van der Waals surface area (Å²) >= 11 is 0. The predicted octanol–water partition coefficient (Wildman–Crippen LogP) is 2.03. The molecule has 0 spiro atoms. The first-order valence-electron chi connectivity index (χ1n) is 6.30. The van der Waals surface area contributed by atoms with Gasteiger partial charge in [-0.25, -0.2) is 0 Å². The molecule has 0 amide bonds. The Bertz CT molecular complexity index is 694. The summed E-state index contributed by atoms with van der Waals surface area (Å²) in [6.45, 7) is 0.238. The highest BCUT2D eigenvalue weighted by molar-refractivity contribution is 6.05. The van der Waals surface area contributed by atoms with E-state index in [0.29, 0.717) is 6.42 Å². The summed E-state index contributed by atoms with van der Waals surface area (Å²) in [6.07, 6.45) is 5.42. The normalized spacial score (nSPS) is 27.4. The molecule has 1 N–H and O–H groups in total. The number of allylic oxidation sites excluding steroid dienone is 4. The summed E-state index contributed by atoms with van der Waals surface area (Å²) in [5.74, 6) is 0.775. The number of ether oxygens (including phenoxy) is 1. The summed E-state index contributed by atoms with van der Waals surface area (Å²) < 4.78 is 5.65. The van der Waals surface area contributed by atoms with Crippen LogP contribution in [-0.2, 0) is 4.79 Å². The van der Waals surface area contributed by atoms with Gasteiger partial charge in [0.1, 0.15) is 18.0 Å². The number of rotatable bonds is 0. The summed E-state index contributed by atoms with van der Waals surface area (Å²) in [6, 6.07) is 7.71. The summed E-state index contributed by atoms with van der Waals surface area (Å²) in [5.41, 5.74) is 2.69. The summed E-state index contributed by atoms with van der Waals surface area (Å²) in [5, 5.41) is 10.8. The molecule has 1 aromatic rings. The smallest absolute Gasteiger partial charge is 0.178 e. The van der Waals surface area contributed by atoms with Crippen LogP contribution in [-0.4, -0.2) is 23.1 Å². The number of ketones is 1. The molecule has 19 heavy (non-hydrogen) atoms. The Kier molecular flexibility index (Phi) is 1.96. The number of hydrogen-bond donors (Lipinski definition) is 1. The molecule has 94 valence electrons. The third kappa shape index (κ3) is 1.39. The molecule has 0 fully saturated rings. The van der Waals surface area contributed by atoms with Gasteiger partial charge in [-0.2, -0.15) is 0 Å². The van der Waals surface area contributed by atoms with Gasteiger partial charge in [0.15, 0.2) is 5.78 Å². The minimum absolute atomic E-state index is 0.0178. The largest absolute Gasteiger partial charge is 0.490 e. The summed E-state index contributed by atoms with van der Waals surface area (Å²) in [7, 11) is 0. The number of aliphatic hydroxyl groups is 1. The van der Waals surface area contributed by atoms with Crippen molar-refractivity contribution in [2.24, 2.45) is 0 Å². The van der Waals surface area contributed by atoms with Crippen molar-refractivity contribution in [2.45, 2.75) is 12.0 Å². The van der Waals surface area contributed by atoms with Gasteiger partial charge in [-0.3, -0.25) is 4.79 Å². The highest BCUT2D eigenvalue weighted by atomic mass is 16.5. The Hall–Kier alpha value is -2.13. The van der Waals surface area contributed by atoms with Crippen LogP contribution in [0.1, 0.15) is 12.0 Å². The van der Waals surface area contributed by atoms with Crippen LogP contribution in [0.15, 0.2) is 53.6 Å². The number of carbonyl (C=O) groups excluding carboxylic acids is 1. The molecule has 0 bridgehead atoms. The van der Waals surface area contributed by atoms with E-state index in [9.17, 15) is 9.90 Å². The molecule has 3 heteroatoms. The van der Waals surface area contributed by atoms with Crippen molar-refractivity contribution in [1.29, 1.82) is 0 Å². The van der Waals surface area contributed by atoms with E-state index >= 15 is 0 Å². The topological polar surface area (TPSA) is 46.5 Å². The van der Waals surface area contributed by atoms with Crippen molar-refractivity contribution in [3.05, 3.63) is 59.2 Å². The van der Waals surface area contributed by atoms with Crippen molar-refractivity contribution in [3.8, 4) is 5.75 Å².